The Hall–Kier alpha value is -2.61. The third-order valence-electron chi connectivity index (χ3n) is 4.12. The van der Waals surface area contributed by atoms with Crippen LogP contribution in [0.2, 0.25) is 0 Å². The molecule has 21 heavy (non-hydrogen) atoms. The molecule has 0 aliphatic carbocycles. The van der Waals surface area contributed by atoms with E-state index in [1.54, 1.807) is 0 Å². The zero-order chi connectivity index (χ0) is 14.2. The molecule has 0 atom stereocenters. The van der Waals surface area contributed by atoms with Crippen LogP contribution >= 0.6 is 0 Å². The van der Waals surface area contributed by atoms with Crippen LogP contribution in [0.15, 0.2) is 60.9 Å². The molecule has 0 amide bonds. The molecule has 0 fully saturated rings. The molecule has 0 saturated heterocycles. The Labute approximate surface area is 123 Å². The van der Waals surface area contributed by atoms with Gasteiger partial charge in [-0.25, -0.2) is 0 Å². The highest BCUT2D eigenvalue weighted by molar-refractivity contribution is 5.87. The monoisotopic (exact) mass is 272 g/mol. The lowest BCUT2D eigenvalue weighted by Crippen LogP contribution is -1.92. The molecule has 0 unspecified atom stereocenters. The van der Waals surface area contributed by atoms with Gasteiger partial charge in [0.2, 0.25) is 0 Å². The van der Waals surface area contributed by atoms with Crippen LogP contribution in [-0.2, 0) is 6.42 Å². The average molecular weight is 272 g/mol. The summed E-state index contributed by atoms with van der Waals surface area (Å²) in [5.74, 6) is 0. The van der Waals surface area contributed by atoms with Crippen LogP contribution in [0.1, 0.15) is 16.7 Å². The van der Waals surface area contributed by atoms with Crippen molar-refractivity contribution in [2.45, 2.75) is 13.3 Å². The molecule has 0 bridgehead atoms. The highest BCUT2D eigenvalue weighted by Crippen LogP contribution is 2.26. The molecule has 2 aromatic carbocycles. The molecule has 4 rings (SSSR count). The number of aromatic amines is 1. The number of nitrogens with one attached hydrogen (secondary N) is 1. The molecule has 2 heteroatoms. The predicted molar refractivity (Wildman–Crippen MR) is 87.6 cm³/mol. The minimum atomic E-state index is 0.923. The SMILES string of the molecule is Cc1ccc(Cc2c[nH]c3ccccc23)c2cccnc12. The van der Waals surface area contributed by atoms with E-state index in [1.165, 1.54) is 33.0 Å². The van der Waals surface area contributed by atoms with Crippen LogP contribution in [0.4, 0.5) is 0 Å². The van der Waals surface area contributed by atoms with E-state index in [0.29, 0.717) is 0 Å². The summed E-state index contributed by atoms with van der Waals surface area (Å²) >= 11 is 0. The summed E-state index contributed by atoms with van der Waals surface area (Å²) in [7, 11) is 0. The van der Waals surface area contributed by atoms with Gasteiger partial charge in [-0.2, -0.15) is 0 Å². The Morgan fingerprint density at radius 1 is 0.905 bits per heavy atom. The van der Waals surface area contributed by atoms with Gasteiger partial charge < -0.3 is 4.98 Å². The Kier molecular flexibility index (Phi) is 2.74. The lowest BCUT2D eigenvalue weighted by Gasteiger charge is -2.08. The topological polar surface area (TPSA) is 28.7 Å². The summed E-state index contributed by atoms with van der Waals surface area (Å²) in [6, 6.07) is 17.0. The Bertz CT molecular complexity index is 935. The molecule has 2 nitrogen and oxygen atoms in total. The maximum atomic E-state index is 4.53. The number of benzene rings is 2. The largest absolute Gasteiger partial charge is 0.361 e. The third kappa shape index (κ3) is 2.00. The van der Waals surface area contributed by atoms with Gasteiger partial charge in [-0.05, 0) is 35.7 Å². The van der Waals surface area contributed by atoms with Crippen molar-refractivity contribution in [3.8, 4) is 0 Å². The first-order valence-corrected chi connectivity index (χ1v) is 7.21. The van der Waals surface area contributed by atoms with Crippen LogP contribution in [-0.4, -0.2) is 9.97 Å². The first kappa shape index (κ1) is 12.2. The maximum Gasteiger partial charge on any atom is 0.0733 e. The molecule has 0 saturated carbocycles. The normalized spacial score (nSPS) is 11.3. The molecular formula is C19H16N2. The number of para-hydroxylation sites is 1. The molecular weight excluding hydrogens is 256 g/mol. The van der Waals surface area contributed by atoms with Crippen LogP contribution in [0.5, 0.6) is 0 Å². The predicted octanol–water partition coefficient (Wildman–Crippen LogP) is 4.62. The van der Waals surface area contributed by atoms with Gasteiger partial charge in [-0.15, -0.1) is 0 Å². The molecule has 0 radical (unpaired) electrons. The summed E-state index contributed by atoms with van der Waals surface area (Å²) in [5.41, 5.74) is 6.19. The fourth-order valence-electron chi connectivity index (χ4n) is 3.01. The summed E-state index contributed by atoms with van der Waals surface area (Å²) in [6.45, 7) is 2.12. The van der Waals surface area contributed by atoms with Gasteiger partial charge in [0.25, 0.3) is 0 Å². The quantitative estimate of drug-likeness (QED) is 0.567. The van der Waals surface area contributed by atoms with Gasteiger partial charge in [0.1, 0.15) is 0 Å². The highest BCUT2D eigenvalue weighted by Gasteiger charge is 2.08. The van der Waals surface area contributed by atoms with Crippen molar-refractivity contribution in [2.75, 3.05) is 0 Å². The maximum absolute atomic E-state index is 4.53. The molecule has 2 heterocycles. The number of aromatic nitrogens is 2. The Balaban J connectivity index is 1.86. The fourth-order valence-corrected chi connectivity index (χ4v) is 3.01. The third-order valence-corrected chi connectivity index (χ3v) is 4.12. The van der Waals surface area contributed by atoms with Crippen molar-refractivity contribution in [3.63, 3.8) is 0 Å². The summed E-state index contributed by atoms with van der Waals surface area (Å²) in [6.07, 6.45) is 4.91. The van der Waals surface area contributed by atoms with Gasteiger partial charge in [-0.3, -0.25) is 4.98 Å². The number of fused-ring (bicyclic) bond motifs is 2. The average Bonchev–Trinajstić information content (AvgIpc) is 2.94. The molecule has 2 aromatic heterocycles. The summed E-state index contributed by atoms with van der Waals surface area (Å²) < 4.78 is 0. The van der Waals surface area contributed by atoms with E-state index < -0.39 is 0 Å². The number of nitrogens with zero attached hydrogens (tertiary/aromatic N) is 1. The molecule has 102 valence electrons. The number of rotatable bonds is 2. The second kappa shape index (κ2) is 4.74. The van der Waals surface area contributed by atoms with Gasteiger partial charge in [0, 0.05) is 35.1 Å². The minimum absolute atomic E-state index is 0.923. The number of pyridine rings is 1. The van der Waals surface area contributed by atoms with E-state index in [4.69, 9.17) is 0 Å². The van der Waals surface area contributed by atoms with Crippen molar-refractivity contribution >= 4 is 21.8 Å². The highest BCUT2D eigenvalue weighted by atomic mass is 14.7. The van der Waals surface area contributed by atoms with Crippen molar-refractivity contribution in [2.24, 2.45) is 0 Å². The first-order valence-electron chi connectivity index (χ1n) is 7.21. The second-order valence-electron chi connectivity index (χ2n) is 5.48. The number of aryl methyl sites for hydroxylation is 1. The van der Waals surface area contributed by atoms with Crippen LogP contribution in [0.25, 0.3) is 21.8 Å². The van der Waals surface area contributed by atoms with E-state index in [2.05, 4.69) is 65.6 Å². The molecule has 0 aliphatic heterocycles. The van der Waals surface area contributed by atoms with E-state index in [-0.39, 0.29) is 0 Å². The number of H-pyrrole nitrogens is 1. The zero-order valence-electron chi connectivity index (χ0n) is 11.9. The molecule has 1 N–H and O–H groups in total. The van der Waals surface area contributed by atoms with Gasteiger partial charge in [0.15, 0.2) is 0 Å². The smallest absolute Gasteiger partial charge is 0.0733 e. The summed E-state index contributed by atoms with van der Waals surface area (Å²) in [4.78, 5) is 7.88. The number of hydrogen-bond donors (Lipinski definition) is 1. The van der Waals surface area contributed by atoms with E-state index in [9.17, 15) is 0 Å². The van der Waals surface area contributed by atoms with Crippen molar-refractivity contribution in [3.05, 3.63) is 77.6 Å². The van der Waals surface area contributed by atoms with Gasteiger partial charge in [-0.1, -0.05) is 36.4 Å². The Morgan fingerprint density at radius 3 is 2.71 bits per heavy atom. The number of hydrogen-bond acceptors (Lipinski definition) is 1. The van der Waals surface area contributed by atoms with Crippen molar-refractivity contribution in [1.82, 2.24) is 9.97 Å². The fraction of sp³-hybridized carbons (Fsp3) is 0.105. The van der Waals surface area contributed by atoms with Crippen molar-refractivity contribution in [1.29, 1.82) is 0 Å². The second-order valence-corrected chi connectivity index (χ2v) is 5.48. The first-order chi connectivity index (χ1) is 10.3. The van der Waals surface area contributed by atoms with Crippen LogP contribution in [0.3, 0.4) is 0 Å². The molecule has 0 aliphatic rings. The lowest BCUT2D eigenvalue weighted by molar-refractivity contribution is 1.21. The van der Waals surface area contributed by atoms with E-state index in [1.807, 2.05) is 12.3 Å². The molecule has 4 aromatic rings. The van der Waals surface area contributed by atoms with Crippen LogP contribution in [0, 0.1) is 6.92 Å². The van der Waals surface area contributed by atoms with Crippen molar-refractivity contribution < 1.29 is 0 Å². The molecule has 0 spiro atoms. The summed E-state index contributed by atoms with van der Waals surface area (Å²) in [5, 5.41) is 2.55. The van der Waals surface area contributed by atoms with Gasteiger partial charge >= 0.3 is 0 Å². The van der Waals surface area contributed by atoms with Crippen LogP contribution < -0.4 is 0 Å². The minimum Gasteiger partial charge on any atom is -0.361 e. The zero-order valence-corrected chi connectivity index (χ0v) is 11.9. The standard InChI is InChI=1S/C19H16N2/c1-13-8-9-14(17-6-4-10-20-19(13)17)11-15-12-21-18-7-3-2-5-16(15)18/h2-10,12,21H,11H2,1H3. The lowest BCUT2D eigenvalue weighted by atomic mass is 9.98. The van der Waals surface area contributed by atoms with E-state index >= 15 is 0 Å². The Morgan fingerprint density at radius 2 is 1.76 bits per heavy atom. The van der Waals surface area contributed by atoms with E-state index in [0.717, 1.165) is 11.9 Å². The van der Waals surface area contributed by atoms with Gasteiger partial charge in [0.05, 0.1) is 5.52 Å².